The SMILES string of the molecule is N/C(=C\C(=Nc1ccccc1Cl)c1ccc(C(=O)NCCc2ccccn2)cc1)C(F)(F)F. The van der Waals surface area contributed by atoms with Crippen LogP contribution in [-0.4, -0.2) is 29.3 Å². The maximum Gasteiger partial charge on any atom is 0.430 e. The third kappa shape index (κ3) is 6.92. The van der Waals surface area contributed by atoms with E-state index in [0.29, 0.717) is 24.1 Å². The molecule has 0 spiro atoms. The van der Waals surface area contributed by atoms with Crippen molar-refractivity contribution < 1.29 is 18.0 Å². The van der Waals surface area contributed by atoms with Crippen LogP contribution in [0.1, 0.15) is 21.6 Å². The van der Waals surface area contributed by atoms with Gasteiger partial charge in [-0.15, -0.1) is 0 Å². The molecular formula is C24H20ClF3N4O. The van der Waals surface area contributed by atoms with Crippen LogP contribution < -0.4 is 11.1 Å². The van der Waals surface area contributed by atoms with Crippen molar-refractivity contribution in [3.8, 4) is 0 Å². The molecule has 0 fully saturated rings. The molecule has 5 nitrogen and oxygen atoms in total. The lowest BCUT2D eigenvalue weighted by Crippen LogP contribution is -2.26. The summed E-state index contributed by atoms with van der Waals surface area (Å²) in [7, 11) is 0. The van der Waals surface area contributed by atoms with Crippen LogP contribution in [0.25, 0.3) is 0 Å². The minimum absolute atomic E-state index is 0.0416. The summed E-state index contributed by atoms with van der Waals surface area (Å²) in [6, 6.07) is 18.1. The minimum atomic E-state index is -4.71. The largest absolute Gasteiger partial charge is 0.430 e. The van der Waals surface area contributed by atoms with Crippen LogP contribution in [0, 0.1) is 0 Å². The van der Waals surface area contributed by atoms with Crippen molar-refractivity contribution >= 4 is 28.9 Å². The summed E-state index contributed by atoms with van der Waals surface area (Å²) in [6.07, 6.45) is -1.72. The van der Waals surface area contributed by atoms with Crippen LogP contribution in [0.4, 0.5) is 18.9 Å². The molecule has 0 bridgehead atoms. The summed E-state index contributed by atoms with van der Waals surface area (Å²) in [5, 5.41) is 3.06. The Kier molecular flexibility index (Phi) is 7.84. The van der Waals surface area contributed by atoms with E-state index in [0.717, 1.165) is 11.8 Å². The van der Waals surface area contributed by atoms with Gasteiger partial charge in [-0.2, -0.15) is 13.2 Å². The first-order valence-electron chi connectivity index (χ1n) is 9.90. The molecule has 33 heavy (non-hydrogen) atoms. The van der Waals surface area contributed by atoms with E-state index in [1.807, 2.05) is 18.2 Å². The molecule has 0 unspecified atom stereocenters. The van der Waals surface area contributed by atoms with Gasteiger partial charge >= 0.3 is 6.18 Å². The molecule has 0 aliphatic rings. The number of alkyl halides is 3. The van der Waals surface area contributed by atoms with Gasteiger partial charge in [0.05, 0.1) is 16.4 Å². The molecule has 0 aliphatic carbocycles. The van der Waals surface area contributed by atoms with Gasteiger partial charge in [0, 0.05) is 36.0 Å². The minimum Gasteiger partial charge on any atom is -0.395 e. The van der Waals surface area contributed by atoms with Crippen LogP contribution in [-0.2, 0) is 6.42 Å². The van der Waals surface area contributed by atoms with Gasteiger partial charge in [0.2, 0.25) is 0 Å². The maximum absolute atomic E-state index is 13.0. The summed E-state index contributed by atoms with van der Waals surface area (Å²) >= 11 is 6.10. The number of hydrogen-bond acceptors (Lipinski definition) is 4. The van der Waals surface area contributed by atoms with Crippen molar-refractivity contribution in [3.63, 3.8) is 0 Å². The lowest BCUT2D eigenvalue weighted by molar-refractivity contribution is -0.0925. The zero-order valence-electron chi connectivity index (χ0n) is 17.3. The molecular weight excluding hydrogens is 453 g/mol. The van der Waals surface area contributed by atoms with Gasteiger partial charge in [0.25, 0.3) is 5.91 Å². The summed E-state index contributed by atoms with van der Waals surface area (Å²) in [5.74, 6) is -0.313. The zero-order valence-corrected chi connectivity index (χ0v) is 18.1. The topological polar surface area (TPSA) is 80.4 Å². The van der Waals surface area contributed by atoms with Gasteiger partial charge in [0.15, 0.2) is 0 Å². The van der Waals surface area contributed by atoms with Crippen molar-refractivity contribution in [2.24, 2.45) is 10.7 Å². The monoisotopic (exact) mass is 472 g/mol. The van der Waals surface area contributed by atoms with E-state index in [-0.39, 0.29) is 22.3 Å². The standard InChI is InChI=1S/C24H20ClF3N4O/c25-19-6-1-2-7-20(19)32-21(15-22(29)24(26,27)28)16-8-10-17(11-9-16)23(33)31-14-12-18-5-3-4-13-30-18/h1-11,13,15H,12,14,29H2,(H,31,33)/b22-15-,32-21?. The number of pyridine rings is 1. The van der Waals surface area contributed by atoms with E-state index in [4.69, 9.17) is 17.3 Å². The highest BCUT2D eigenvalue weighted by atomic mass is 35.5. The highest BCUT2D eigenvalue weighted by molar-refractivity contribution is 6.33. The molecule has 1 amide bonds. The number of benzene rings is 2. The van der Waals surface area contributed by atoms with Crippen LogP contribution >= 0.6 is 11.6 Å². The van der Waals surface area contributed by atoms with Crippen LogP contribution in [0.5, 0.6) is 0 Å². The van der Waals surface area contributed by atoms with Crippen molar-refractivity contribution in [1.82, 2.24) is 10.3 Å². The summed E-state index contributed by atoms with van der Waals surface area (Å²) in [6.45, 7) is 0.391. The predicted octanol–water partition coefficient (Wildman–Crippen LogP) is 5.23. The Bertz CT molecular complexity index is 1160. The molecule has 0 radical (unpaired) electrons. The molecule has 0 saturated heterocycles. The van der Waals surface area contributed by atoms with Crippen molar-refractivity contribution in [2.45, 2.75) is 12.6 Å². The third-order valence-electron chi connectivity index (χ3n) is 4.55. The fourth-order valence-corrected chi connectivity index (χ4v) is 3.00. The Balaban J connectivity index is 1.80. The molecule has 0 atom stereocenters. The molecule has 1 heterocycles. The third-order valence-corrected chi connectivity index (χ3v) is 4.87. The zero-order chi connectivity index (χ0) is 23.8. The van der Waals surface area contributed by atoms with E-state index < -0.39 is 11.9 Å². The highest BCUT2D eigenvalue weighted by Crippen LogP contribution is 2.27. The van der Waals surface area contributed by atoms with E-state index in [1.165, 1.54) is 24.3 Å². The van der Waals surface area contributed by atoms with Crippen LogP contribution in [0.3, 0.4) is 0 Å². The number of aliphatic imine (C=N–C) groups is 1. The molecule has 1 aromatic heterocycles. The Morgan fingerprint density at radius 2 is 1.70 bits per heavy atom. The molecule has 170 valence electrons. The Labute approximate surface area is 193 Å². The number of carbonyl (C=O) groups excluding carboxylic acids is 1. The second-order valence-electron chi connectivity index (χ2n) is 6.95. The highest BCUT2D eigenvalue weighted by Gasteiger charge is 2.31. The second-order valence-corrected chi connectivity index (χ2v) is 7.36. The smallest absolute Gasteiger partial charge is 0.395 e. The summed E-state index contributed by atoms with van der Waals surface area (Å²) in [5.41, 5.74) is 5.70. The molecule has 2 aromatic carbocycles. The molecule has 0 saturated carbocycles. The average molecular weight is 473 g/mol. The first kappa shape index (κ1) is 24.0. The van der Waals surface area contributed by atoms with Gasteiger partial charge < -0.3 is 11.1 Å². The number of aromatic nitrogens is 1. The first-order valence-corrected chi connectivity index (χ1v) is 10.3. The van der Waals surface area contributed by atoms with Crippen LogP contribution in [0.2, 0.25) is 5.02 Å². The van der Waals surface area contributed by atoms with Crippen molar-refractivity contribution in [1.29, 1.82) is 0 Å². The van der Waals surface area contributed by atoms with Gasteiger partial charge in [-0.05, 0) is 42.5 Å². The molecule has 0 aliphatic heterocycles. The lowest BCUT2D eigenvalue weighted by Gasteiger charge is -2.10. The maximum atomic E-state index is 13.0. The van der Waals surface area contributed by atoms with E-state index in [2.05, 4.69) is 15.3 Å². The van der Waals surface area contributed by atoms with Crippen molar-refractivity contribution in [2.75, 3.05) is 6.54 Å². The van der Waals surface area contributed by atoms with Crippen molar-refractivity contribution in [3.05, 3.63) is 107 Å². The van der Waals surface area contributed by atoms with E-state index in [9.17, 15) is 18.0 Å². The van der Waals surface area contributed by atoms with Gasteiger partial charge in [-0.3, -0.25) is 9.78 Å². The number of allylic oxidation sites excluding steroid dienone is 2. The average Bonchev–Trinajstić information content (AvgIpc) is 2.80. The normalized spacial score (nSPS) is 12.5. The summed E-state index contributed by atoms with van der Waals surface area (Å²) < 4.78 is 39.1. The number of halogens is 4. The quantitative estimate of drug-likeness (QED) is 0.462. The fourth-order valence-electron chi connectivity index (χ4n) is 2.83. The Morgan fingerprint density at radius 3 is 2.33 bits per heavy atom. The van der Waals surface area contributed by atoms with Gasteiger partial charge in [-0.25, -0.2) is 4.99 Å². The second kappa shape index (κ2) is 10.8. The Hall–Kier alpha value is -3.65. The summed E-state index contributed by atoms with van der Waals surface area (Å²) in [4.78, 5) is 20.9. The van der Waals surface area contributed by atoms with Gasteiger partial charge in [0.1, 0.15) is 5.70 Å². The van der Waals surface area contributed by atoms with Gasteiger partial charge in [-0.1, -0.05) is 41.9 Å². The van der Waals surface area contributed by atoms with E-state index >= 15 is 0 Å². The van der Waals surface area contributed by atoms with Crippen LogP contribution in [0.15, 0.2) is 89.7 Å². The number of hydrogen-bond donors (Lipinski definition) is 2. The number of rotatable bonds is 7. The predicted molar refractivity (Wildman–Crippen MR) is 123 cm³/mol. The number of nitrogens with two attached hydrogens (primary N) is 1. The molecule has 3 N–H and O–H groups in total. The molecule has 3 rings (SSSR count). The number of carbonyl (C=O) groups is 1. The number of para-hydroxylation sites is 1. The number of nitrogens with one attached hydrogen (secondary N) is 1. The molecule has 3 aromatic rings. The lowest BCUT2D eigenvalue weighted by atomic mass is 10.1. The number of nitrogens with zero attached hydrogens (tertiary/aromatic N) is 2. The van der Waals surface area contributed by atoms with E-state index in [1.54, 1.807) is 30.5 Å². The molecule has 9 heteroatoms. The number of amides is 1. The fraction of sp³-hybridized carbons (Fsp3) is 0.125. The first-order chi connectivity index (χ1) is 15.7. The Morgan fingerprint density at radius 1 is 1.03 bits per heavy atom.